The van der Waals surface area contributed by atoms with E-state index in [1.54, 1.807) is 24.3 Å². The second kappa shape index (κ2) is 15.6. The van der Waals surface area contributed by atoms with Crippen LogP contribution in [0.1, 0.15) is 39.1 Å². The summed E-state index contributed by atoms with van der Waals surface area (Å²) in [6.45, 7) is 1.80. The number of rotatable bonds is 9. The molecule has 3 aromatic carbocycles. The standard InChI is InChI=1S/C28H27F4N3O2.C4H4O4/c29-23-8-4-19(5-9-23)26(36)20-12-14-34(15-13-20)16-17-35(27(37)21-6-10-24(33)11-7-21)25-3-1-2-22(18-25)28(30,31)32;5-3(6)1-2-4(7)8/h1-11,18,20H,12-17,33H2;1-2H,(H,5,6)(H,7,8). The molecular formula is C32H31F4N3O6. The number of benzene rings is 3. The molecular weight excluding hydrogens is 598 g/mol. The summed E-state index contributed by atoms with van der Waals surface area (Å²) in [6.07, 6.45) is -2.22. The molecule has 9 nitrogen and oxygen atoms in total. The minimum atomic E-state index is -4.54. The molecule has 45 heavy (non-hydrogen) atoms. The van der Waals surface area contributed by atoms with Crippen molar-refractivity contribution >= 4 is 35.0 Å². The van der Waals surface area contributed by atoms with Crippen molar-refractivity contribution in [3.8, 4) is 0 Å². The van der Waals surface area contributed by atoms with Gasteiger partial charge in [-0.25, -0.2) is 14.0 Å². The first kappa shape index (κ1) is 34.5. The average molecular weight is 630 g/mol. The molecule has 238 valence electrons. The Balaban J connectivity index is 0.000000610. The van der Waals surface area contributed by atoms with Crippen LogP contribution >= 0.6 is 0 Å². The Morgan fingerprint density at radius 2 is 1.42 bits per heavy atom. The molecule has 1 aliphatic rings. The molecule has 0 aliphatic carbocycles. The molecule has 0 bridgehead atoms. The van der Waals surface area contributed by atoms with E-state index in [4.69, 9.17) is 15.9 Å². The third kappa shape index (κ3) is 10.6. The van der Waals surface area contributed by atoms with E-state index in [1.165, 1.54) is 41.3 Å². The summed E-state index contributed by atoms with van der Waals surface area (Å²) in [5.41, 5.74) is 6.30. The van der Waals surface area contributed by atoms with Gasteiger partial charge in [-0.3, -0.25) is 9.59 Å². The first-order valence-electron chi connectivity index (χ1n) is 13.8. The lowest BCUT2D eigenvalue weighted by atomic mass is 9.89. The van der Waals surface area contributed by atoms with Crippen LogP contribution in [-0.2, 0) is 15.8 Å². The Labute approximate surface area is 256 Å². The first-order valence-corrected chi connectivity index (χ1v) is 13.8. The van der Waals surface area contributed by atoms with E-state index < -0.39 is 35.4 Å². The molecule has 1 heterocycles. The van der Waals surface area contributed by atoms with Crippen LogP contribution in [0.4, 0.5) is 28.9 Å². The van der Waals surface area contributed by atoms with Gasteiger partial charge in [-0.2, -0.15) is 13.2 Å². The summed E-state index contributed by atoms with van der Waals surface area (Å²) in [5.74, 6) is -3.55. The maximum atomic E-state index is 13.3. The van der Waals surface area contributed by atoms with Crippen molar-refractivity contribution in [3.05, 3.63) is 107 Å². The third-order valence-corrected chi connectivity index (χ3v) is 6.98. The highest BCUT2D eigenvalue weighted by atomic mass is 19.4. The number of carbonyl (C=O) groups excluding carboxylic acids is 2. The van der Waals surface area contributed by atoms with Crippen LogP contribution in [0.5, 0.6) is 0 Å². The fourth-order valence-electron chi connectivity index (χ4n) is 4.63. The maximum absolute atomic E-state index is 13.3. The van der Waals surface area contributed by atoms with Crippen molar-refractivity contribution in [2.45, 2.75) is 19.0 Å². The number of Topliss-reactive ketones (excluding diaryl/α,β-unsaturated/α-hetero) is 1. The zero-order chi connectivity index (χ0) is 33.1. The van der Waals surface area contributed by atoms with Crippen molar-refractivity contribution in [1.82, 2.24) is 4.90 Å². The van der Waals surface area contributed by atoms with E-state index in [0.29, 0.717) is 61.4 Å². The monoisotopic (exact) mass is 629 g/mol. The highest BCUT2D eigenvalue weighted by molar-refractivity contribution is 6.06. The molecule has 0 spiro atoms. The number of nitrogens with zero attached hydrogens (tertiary/aromatic N) is 2. The predicted molar refractivity (Wildman–Crippen MR) is 158 cm³/mol. The second-order valence-electron chi connectivity index (χ2n) is 10.1. The van der Waals surface area contributed by atoms with Crippen molar-refractivity contribution in [2.24, 2.45) is 5.92 Å². The number of amides is 1. The topological polar surface area (TPSA) is 141 Å². The van der Waals surface area contributed by atoms with Gasteiger partial charge >= 0.3 is 18.1 Å². The van der Waals surface area contributed by atoms with Gasteiger partial charge in [0.2, 0.25) is 0 Å². The van der Waals surface area contributed by atoms with Crippen molar-refractivity contribution in [3.63, 3.8) is 0 Å². The third-order valence-electron chi connectivity index (χ3n) is 6.98. The van der Waals surface area contributed by atoms with Gasteiger partial charge in [0.1, 0.15) is 5.82 Å². The molecule has 4 N–H and O–H groups in total. The normalized spacial score (nSPS) is 14.0. The molecule has 1 aliphatic heterocycles. The van der Waals surface area contributed by atoms with Gasteiger partial charge in [-0.05, 0) is 92.7 Å². The minimum absolute atomic E-state index is 0.0243. The maximum Gasteiger partial charge on any atom is 0.416 e. The van der Waals surface area contributed by atoms with Crippen LogP contribution in [-0.4, -0.2) is 64.9 Å². The van der Waals surface area contributed by atoms with E-state index >= 15 is 0 Å². The summed E-state index contributed by atoms with van der Waals surface area (Å²) in [4.78, 5) is 48.6. The molecule has 4 rings (SSSR count). The largest absolute Gasteiger partial charge is 0.478 e. The lowest BCUT2D eigenvalue weighted by Gasteiger charge is -2.33. The van der Waals surface area contributed by atoms with Gasteiger partial charge in [0, 0.05) is 53.7 Å². The van der Waals surface area contributed by atoms with Crippen LogP contribution < -0.4 is 10.6 Å². The summed E-state index contributed by atoms with van der Waals surface area (Å²) >= 11 is 0. The number of halogens is 4. The quantitative estimate of drug-likeness (QED) is 0.124. The fourth-order valence-corrected chi connectivity index (χ4v) is 4.63. The van der Waals surface area contributed by atoms with Crippen LogP contribution in [0.2, 0.25) is 0 Å². The number of alkyl halides is 3. The minimum Gasteiger partial charge on any atom is -0.478 e. The predicted octanol–water partition coefficient (Wildman–Crippen LogP) is 5.38. The Kier molecular flexibility index (Phi) is 12.0. The summed E-state index contributed by atoms with van der Waals surface area (Å²) in [5, 5.41) is 15.6. The first-order chi connectivity index (χ1) is 21.2. The van der Waals surface area contributed by atoms with Crippen LogP contribution in [0.3, 0.4) is 0 Å². The molecule has 0 saturated carbocycles. The van der Waals surface area contributed by atoms with Crippen LogP contribution in [0, 0.1) is 11.7 Å². The van der Waals surface area contributed by atoms with E-state index in [1.807, 2.05) is 0 Å². The average Bonchev–Trinajstić information content (AvgIpc) is 3.01. The zero-order valence-corrected chi connectivity index (χ0v) is 23.9. The zero-order valence-electron chi connectivity index (χ0n) is 23.9. The van der Waals surface area contributed by atoms with Crippen LogP contribution in [0.15, 0.2) is 84.9 Å². The lowest BCUT2D eigenvalue weighted by molar-refractivity contribution is -0.137. The van der Waals surface area contributed by atoms with Gasteiger partial charge < -0.3 is 25.7 Å². The van der Waals surface area contributed by atoms with Gasteiger partial charge in [-0.1, -0.05) is 6.07 Å². The number of hydrogen-bond donors (Lipinski definition) is 3. The molecule has 0 radical (unpaired) electrons. The number of likely N-dealkylation sites (tertiary alicyclic amines) is 1. The van der Waals surface area contributed by atoms with E-state index in [0.717, 1.165) is 12.1 Å². The number of ketones is 1. The number of hydrogen-bond acceptors (Lipinski definition) is 6. The number of carboxylic acid groups (broad SMARTS) is 2. The number of piperidine rings is 1. The number of carbonyl (C=O) groups is 4. The van der Waals surface area contributed by atoms with Crippen molar-refractivity contribution < 1.29 is 47.0 Å². The molecule has 1 saturated heterocycles. The SMILES string of the molecule is Nc1ccc(C(=O)N(CCN2CCC(C(=O)c3ccc(F)cc3)CC2)c2cccc(C(F)(F)F)c2)cc1.O=C(O)C=CC(=O)O. The second-order valence-corrected chi connectivity index (χ2v) is 10.1. The number of nitrogens with two attached hydrogens (primary N) is 1. The molecule has 1 fully saturated rings. The lowest BCUT2D eigenvalue weighted by Crippen LogP contribution is -2.43. The molecule has 0 unspecified atom stereocenters. The summed E-state index contributed by atoms with van der Waals surface area (Å²) < 4.78 is 53.2. The van der Waals surface area contributed by atoms with Crippen molar-refractivity contribution in [2.75, 3.05) is 36.8 Å². The van der Waals surface area contributed by atoms with E-state index in [2.05, 4.69) is 4.90 Å². The molecule has 0 aromatic heterocycles. The fraction of sp³-hybridized carbons (Fsp3) is 0.250. The number of anilines is 2. The van der Waals surface area contributed by atoms with Gasteiger partial charge in [0.25, 0.3) is 5.91 Å². The van der Waals surface area contributed by atoms with E-state index in [-0.39, 0.29) is 23.9 Å². The van der Waals surface area contributed by atoms with Crippen molar-refractivity contribution in [1.29, 1.82) is 0 Å². The summed E-state index contributed by atoms with van der Waals surface area (Å²) in [6, 6.07) is 16.5. The van der Waals surface area contributed by atoms with Gasteiger partial charge in [-0.15, -0.1) is 0 Å². The number of aliphatic carboxylic acids is 2. The highest BCUT2D eigenvalue weighted by Crippen LogP contribution is 2.32. The highest BCUT2D eigenvalue weighted by Gasteiger charge is 2.32. The Morgan fingerprint density at radius 3 is 1.96 bits per heavy atom. The molecule has 1 amide bonds. The molecule has 3 aromatic rings. The molecule has 0 atom stereocenters. The Bertz CT molecular complexity index is 1500. The number of carboxylic acids is 2. The van der Waals surface area contributed by atoms with Crippen LogP contribution in [0.25, 0.3) is 0 Å². The van der Waals surface area contributed by atoms with E-state index in [9.17, 15) is 36.7 Å². The Morgan fingerprint density at radius 1 is 0.867 bits per heavy atom. The van der Waals surface area contributed by atoms with Gasteiger partial charge in [0.15, 0.2) is 5.78 Å². The summed E-state index contributed by atoms with van der Waals surface area (Å²) in [7, 11) is 0. The number of nitrogen functional groups attached to an aromatic ring is 1. The Hall–Kier alpha value is -5.04. The smallest absolute Gasteiger partial charge is 0.416 e. The molecule has 13 heteroatoms. The van der Waals surface area contributed by atoms with Gasteiger partial charge in [0.05, 0.1) is 5.56 Å².